The molecule has 0 unspecified atom stereocenters. The van der Waals surface area contributed by atoms with Gasteiger partial charge in [-0.1, -0.05) is 54.1 Å². The van der Waals surface area contributed by atoms with Crippen LogP contribution in [0.2, 0.25) is 0 Å². The molecule has 0 saturated carbocycles. The van der Waals surface area contributed by atoms with Gasteiger partial charge in [0.15, 0.2) is 0 Å². The van der Waals surface area contributed by atoms with E-state index >= 15 is 0 Å². The fourth-order valence-electron chi connectivity index (χ4n) is 3.34. The van der Waals surface area contributed by atoms with Crippen LogP contribution in [0.25, 0.3) is 0 Å². The topological polar surface area (TPSA) is 66.5 Å². The third-order valence-corrected chi connectivity index (χ3v) is 4.96. The standard InChI is InChI=1S/C24H20N2O3/c1-16-6-8-18(9-7-16)15-25-22(27)14-17-10-12-19(13-11-17)26-23(28)20-4-2-3-5-21(20)24(26)29/h2-13H,14-15H2,1H3,(H,25,27). The quantitative estimate of drug-likeness (QED) is 0.683. The molecule has 5 heteroatoms. The van der Waals surface area contributed by atoms with Crippen LogP contribution < -0.4 is 10.2 Å². The Kier molecular flexibility index (Phi) is 4.96. The van der Waals surface area contributed by atoms with Gasteiger partial charge in [0.1, 0.15) is 0 Å². The number of rotatable bonds is 5. The predicted octanol–water partition coefficient (Wildman–Crippen LogP) is 3.65. The Hall–Kier alpha value is -3.73. The maximum absolute atomic E-state index is 12.6. The number of aryl methyl sites for hydroxylation is 1. The van der Waals surface area contributed by atoms with E-state index in [0.29, 0.717) is 23.4 Å². The Balaban J connectivity index is 1.39. The zero-order valence-corrected chi connectivity index (χ0v) is 16.0. The second-order valence-corrected chi connectivity index (χ2v) is 7.10. The van der Waals surface area contributed by atoms with E-state index in [2.05, 4.69) is 5.32 Å². The third-order valence-electron chi connectivity index (χ3n) is 4.96. The molecule has 0 aromatic heterocycles. The van der Waals surface area contributed by atoms with E-state index in [1.54, 1.807) is 48.5 Å². The van der Waals surface area contributed by atoms with Crippen LogP contribution in [-0.4, -0.2) is 17.7 Å². The first-order valence-corrected chi connectivity index (χ1v) is 9.42. The average Bonchev–Trinajstić information content (AvgIpc) is 2.99. The van der Waals surface area contributed by atoms with Gasteiger partial charge < -0.3 is 5.32 Å². The minimum absolute atomic E-state index is 0.0842. The summed E-state index contributed by atoms with van der Waals surface area (Å²) in [5.41, 5.74) is 4.36. The molecule has 3 aromatic carbocycles. The molecule has 29 heavy (non-hydrogen) atoms. The first-order chi connectivity index (χ1) is 14.0. The van der Waals surface area contributed by atoms with Gasteiger partial charge in [0.05, 0.1) is 23.2 Å². The van der Waals surface area contributed by atoms with Crippen molar-refractivity contribution < 1.29 is 14.4 Å². The zero-order chi connectivity index (χ0) is 20.4. The minimum atomic E-state index is -0.325. The fourth-order valence-corrected chi connectivity index (χ4v) is 3.34. The highest BCUT2D eigenvalue weighted by Gasteiger charge is 2.36. The lowest BCUT2D eigenvalue weighted by Crippen LogP contribution is -2.29. The summed E-state index contributed by atoms with van der Waals surface area (Å²) in [5.74, 6) is -0.734. The molecule has 1 aliphatic rings. The Morgan fingerprint density at radius 1 is 0.793 bits per heavy atom. The number of anilines is 1. The molecule has 5 nitrogen and oxygen atoms in total. The van der Waals surface area contributed by atoms with Crippen LogP contribution in [0, 0.1) is 6.92 Å². The fraction of sp³-hybridized carbons (Fsp3) is 0.125. The number of carbonyl (C=O) groups excluding carboxylic acids is 3. The molecule has 4 rings (SSSR count). The largest absolute Gasteiger partial charge is 0.352 e. The summed E-state index contributed by atoms with van der Waals surface area (Å²) in [6.45, 7) is 2.50. The highest BCUT2D eigenvalue weighted by atomic mass is 16.2. The molecule has 0 spiro atoms. The van der Waals surface area contributed by atoms with E-state index in [-0.39, 0.29) is 24.1 Å². The number of amides is 3. The SMILES string of the molecule is Cc1ccc(CNC(=O)Cc2ccc(N3C(=O)c4ccccc4C3=O)cc2)cc1. The Bertz CT molecular complexity index is 1050. The number of carbonyl (C=O) groups is 3. The second kappa shape index (κ2) is 7.72. The molecule has 144 valence electrons. The van der Waals surface area contributed by atoms with Crippen LogP contribution in [0.4, 0.5) is 5.69 Å². The maximum atomic E-state index is 12.6. The summed E-state index contributed by atoms with van der Waals surface area (Å²) in [6.07, 6.45) is 0.230. The van der Waals surface area contributed by atoms with Crippen molar-refractivity contribution in [1.82, 2.24) is 5.32 Å². The number of hydrogen-bond acceptors (Lipinski definition) is 3. The molecule has 3 amide bonds. The third kappa shape index (κ3) is 3.80. The second-order valence-electron chi connectivity index (χ2n) is 7.10. The van der Waals surface area contributed by atoms with Crippen LogP contribution in [0.1, 0.15) is 37.4 Å². The molecule has 0 bridgehead atoms. The Morgan fingerprint density at radius 2 is 1.34 bits per heavy atom. The van der Waals surface area contributed by atoms with Gasteiger partial charge in [0.2, 0.25) is 5.91 Å². The van der Waals surface area contributed by atoms with Crippen molar-refractivity contribution in [2.45, 2.75) is 19.9 Å². The van der Waals surface area contributed by atoms with Crippen molar-refractivity contribution in [3.8, 4) is 0 Å². The number of fused-ring (bicyclic) bond motifs is 1. The molecule has 1 heterocycles. The van der Waals surface area contributed by atoms with E-state index < -0.39 is 0 Å². The van der Waals surface area contributed by atoms with E-state index in [1.807, 2.05) is 31.2 Å². The minimum Gasteiger partial charge on any atom is -0.352 e. The van der Waals surface area contributed by atoms with Crippen molar-refractivity contribution in [3.63, 3.8) is 0 Å². The van der Waals surface area contributed by atoms with Crippen LogP contribution in [-0.2, 0) is 17.8 Å². The van der Waals surface area contributed by atoms with Crippen molar-refractivity contribution in [3.05, 3.63) is 101 Å². The first kappa shape index (κ1) is 18.6. The van der Waals surface area contributed by atoms with Crippen LogP contribution in [0.3, 0.4) is 0 Å². The molecular formula is C24H20N2O3. The lowest BCUT2D eigenvalue weighted by molar-refractivity contribution is -0.120. The van der Waals surface area contributed by atoms with E-state index in [1.165, 1.54) is 10.5 Å². The summed E-state index contributed by atoms with van der Waals surface area (Å²) >= 11 is 0. The number of nitrogens with one attached hydrogen (secondary N) is 1. The molecule has 0 saturated heterocycles. The molecule has 3 aromatic rings. The monoisotopic (exact) mass is 384 g/mol. The first-order valence-electron chi connectivity index (χ1n) is 9.42. The summed E-state index contributed by atoms with van der Waals surface area (Å²) < 4.78 is 0. The molecule has 1 N–H and O–H groups in total. The molecule has 0 radical (unpaired) electrons. The lowest BCUT2D eigenvalue weighted by atomic mass is 10.1. The number of hydrogen-bond donors (Lipinski definition) is 1. The normalized spacial score (nSPS) is 12.8. The number of imide groups is 1. The molecule has 1 aliphatic heterocycles. The highest BCUT2D eigenvalue weighted by molar-refractivity contribution is 6.34. The zero-order valence-electron chi connectivity index (χ0n) is 16.0. The van der Waals surface area contributed by atoms with Crippen LogP contribution in [0.5, 0.6) is 0 Å². The molecule has 0 fully saturated rings. The van der Waals surface area contributed by atoms with E-state index in [9.17, 15) is 14.4 Å². The molecule has 0 aliphatic carbocycles. The molecular weight excluding hydrogens is 364 g/mol. The van der Waals surface area contributed by atoms with E-state index in [4.69, 9.17) is 0 Å². The summed E-state index contributed by atoms with van der Waals surface area (Å²) in [6, 6.07) is 21.7. The summed E-state index contributed by atoms with van der Waals surface area (Å²) in [7, 11) is 0. The predicted molar refractivity (Wildman–Crippen MR) is 111 cm³/mol. The van der Waals surface area contributed by atoms with Gasteiger partial charge in [0, 0.05) is 6.54 Å². The van der Waals surface area contributed by atoms with Crippen LogP contribution in [0.15, 0.2) is 72.8 Å². The van der Waals surface area contributed by atoms with Gasteiger partial charge in [-0.25, -0.2) is 4.90 Å². The number of benzene rings is 3. The van der Waals surface area contributed by atoms with Gasteiger partial charge >= 0.3 is 0 Å². The van der Waals surface area contributed by atoms with Crippen molar-refractivity contribution in [1.29, 1.82) is 0 Å². The van der Waals surface area contributed by atoms with Gasteiger partial charge in [0.25, 0.3) is 11.8 Å². The van der Waals surface area contributed by atoms with Crippen molar-refractivity contribution >= 4 is 23.4 Å². The Morgan fingerprint density at radius 3 is 1.93 bits per heavy atom. The maximum Gasteiger partial charge on any atom is 0.266 e. The molecule has 0 atom stereocenters. The van der Waals surface area contributed by atoms with Gasteiger partial charge in [-0.05, 0) is 42.3 Å². The average molecular weight is 384 g/mol. The highest BCUT2D eigenvalue weighted by Crippen LogP contribution is 2.28. The van der Waals surface area contributed by atoms with Crippen molar-refractivity contribution in [2.75, 3.05) is 4.90 Å². The van der Waals surface area contributed by atoms with Crippen LogP contribution >= 0.6 is 0 Å². The van der Waals surface area contributed by atoms with Crippen molar-refractivity contribution in [2.24, 2.45) is 0 Å². The number of nitrogens with zero attached hydrogens (tertiary/aromatic N) is 1. The lowest BCUT2D eigenvalue weighted by Gasteiger charge is -2.14. The van der Waals surface area contributed by atoms with E-state index in [0.717, 1.165) is 11.1 Å². The smallest absolute Gasteiger partial charge is 0.266 e. The summed E-state index contributed by atoms with van der Waals surface area (Å²) in [4.78, 5) is 38.5. The summed E-state index contributed by atoms with van der Waals surface area (Å²) in [5, 5.41) is 2.91. The Labute approximate surface area is 169 Å². The van der Waals surface area contributed by atoms with Gasteiger partial charge in [-0.3, -0.25) is 14.4 Å². The van der Waals surface area contributed by atoms with Gasteiger partial charge in [-0.2, -0.15) is 0 Å². The van der Waals surface area contributed by atoms with Gasteiger partial charge in [-0.15, -0.1) is 0 Å².